The first-order valence-electron chi connectivity index (χ1n) is 22.1. The number of phenols is 2. The third-order valence-corrected chi connectivity index (χ3v) is 15.3. The number of rotatable bonds is 21. The van der Waals surface area contributed by atoms with Crippen LogP contribution in [-0.2, 0) is 66.6 Å². The molecule has 7 rings (SSSR count). The third kappa shape index (κ3) is 11.8. The Balaban J connectivity index is 1.05. The van der Waals surface area contributed by atoms with Gasteiger partial charge in [-0.2, -0.15) is 0 Å². The first kappa shape index (κ1) is 53.8. The smallest absolute Gasteiger partial charge is 0.469 e. The van der Waals surface area contributed by atoms with Crippen LogP contribution in [0.5, 0.6) is 17.2 Å². The Bertz CT molecular complexity index is 2620. The number of aliphatic hydroxyl groups excluding tert-OH is 1. The Labute approximate surface area is 413 Å². The number of aromatic hydroxyl groups is 2. The Morgan fingerprint density at radius 2 is 1.85 bits per heavy atom. The number of amides is 2. The van der Waals surface area contributed by atoms with Gasteiger partial charge >= 0.3 is 13.9 Å². The molecule has 2 fully saturated rings. The number of hydrogen-bond donors (Lipinski definition) is 8. The number of carbonyl (C=O) groups excluding carboxylic acids is 6. The summed E-state index contributed by atoms with van der Waals surface area (Å²) in [5.41, 5.74) is 3.23. The molecule has 384 valence electrons. The Morgan fingerprint density at radius 3 is 2.56 bits per heavy atom. The van der Waals surface area contributed by atoms with Gasteiger partial charge in [0.25, 0.3) is 0 Å². The number of ether oxygens (including phenoxy) is 6. The molecule has 0 saturated carbocycles. The van der Waals surface area contributed by atoms with Crippen molar-refractivity contribution >= 4 is 65.0 Å². The summed E-state index contributed by atoms with van der Waals surface area (Å²) in [5, 5.41) is 47.7. The highest BCUT2D eigenvalue weighted by Crippen LogP contribution is 2.53. The molecule has 7 unspecified atom stereocenters. The monoisotopic (exact) mass is 1050 g/mol. The predicted molar refractivity (Wildman–Crippen MR) is 248 cm³/mol. The van der Waals surface area contributed by atoms with Crippen molar-refractivity contribution < 1.29 is 96.5 Å². The minimum Gasteiger partial charge on any atom is -0.507 e. The molecular formula is C45H52N3O20PS2. The lowest BCUT2D eigenvalue weighted by molar-refractivity contribution is -0.246. The normalized spacial score (nSPS) is 23.0. The zero-order chi connectivity index (χ0) is 51.4. The van der Waals surface area contributed by atoms with Gasteiger partial charge in [-0.15, -0.1) is 0 Å². The van der Waals surface area contributed by atoms with Crippen molar-refractivity contribution in [2.75, 3.05) is 52.6 Å². The predicted octanol–water partition coefficient (Wildman–Crippen LogP) is 1.73. The summed E-state index contributed by atoms with van der Waals surface area (Å²) in [5.74, 6) is -4.54. The molecule has 2 amide bonds. The lowest BCUT2D eigenvalue weighted by atomic mass is 9.72. The second-order valence-corrected chi connectivity index (χ2v) is 20.5. The van der Waals surface area contributed by atoms with Crippen molar-refractivity contribution in [2.45, 2.75) is 86.4 Å². The van der Waals surface area contributed by atoms with Crippen LogP contribution >= 0.6 is 29.4 Å². The number of aldehydes is 1. The molecule has 23 nitrogen and oxygen atoms in total. The number of nitrogens with zero attached hydrogens (tertiary/aromatic N) is 1. The van der Waals surface area contributed by atoms with E-state index in [0.29, 0.717) is 18.3 Å². The fraction of sp³-hybridized carbons (Fsp3) is 0.467. The van der Waals surface area contributed by atoms with Crippen LogP contribution < -0.4 is 15.8 Å². The molecule has 2 aliphatic carbocycles. The van der Waals surface area contributed by atoms with Crippen LogP contribution in [0.15, 0.2) is 41.3 Å². The highest BCUT2D eigenvalue weighted by atomic mass is 33.1. The number of carbonyl (C=O) groups is 6. The fourth-order valence-corrected chi connectivity index (χ4v) is 11.7. The van der Waals surface area contributed by atoms with Gasteiger partial charge in [-0.3, -0.25) is 28.6 Å². The molecule has 3 aromatic rings. The molecule has 0 spiro atoms. The molecule has 4 aliphatic rings. The number of benzene rings is 3. The van der Waals surface area contributed by atoms with Gasteiger partial charge in [-0.25, -0.2) is 9.36 Å². The summed E-state index contributed by atoms with van der Waals surface area (Å²) in [4.78, 5) is 97.8. The zero-order valence-corrected chi connectivity index (χ0v) is 40.7. The summed E-state index contributed by atoms with van der Waals surface area (Å²) in [6.07, 6.45) is -5.17. The molecule has 2 heterocycles. The summed E-state index contributed by atoms with van der Waals surface area (Å²) in [6, 6.07) is 7.94. The van der Waals surface area contributed by atoms with Crippen LogP contribution in [0, 0.1) is 0 Å². The molecule has 0 bridgehead atoms. The molecule has 2 saturated heterocycles. The van der Waals surface area contributed by atoms with Crippen LogP contribution in [0.4, 0.5) is 4.79 Å². The summed E-state index contributed by atoms with van der Waals surface area (Å²) in [6.45, 7) is -0.306. The van der Waals surface area contributed by atoms with Gasteiger partial charge < -0.3 is 74.5 Å². The van der Waals surface area contributed by atoms with Gasteiger partial charge in [0.05, 0.1) is 61.3 Å². The van der Waals surface area contributed by atoms with E-state index in [9.17, 15) is 53.8 Å². The molecule has 3 aromatic carbocycles. The maximum atomic E-state index is 14.1. The van der Waals surface area contributed by atoms with E-state index >= 15 is 0 Å². The first-order chi connectivity index (χ1) is 33.8. The van der Waals surface area contributed by atoms with E-state index in [1.54, 1.807) is 25.1 Å². The molecule has 7 atom stereocenters. The fourth-order valence-electron chi connectivity index (χ4n) is 8.94. The quantitative estimate of drug-likeness (QED) is 0.0194. The van der Waals surface area contributed by atoms with Gasteiger partial charge in [-0.1, -0.05) is 45.9 Å². The molecule has 26 heteroatoms. The maximum absolute atomic E-state index is 14.1. The molecule has 0 aromatic heterocycles. The SMILES string of the molecule is COc1cccc2c1C(=O)c1c(O)c3c(c(O)c1C2=O)CC(O)(C(=O)CO)CC3OC1CC2C(OCN2C(=O)OCc2ccc(SSCC(N)C(=O)NCCOP(=O)(O)O)c(CCOCC=O)c2)C(C)O1. The van der Waals surface area contributed by atoms with E-state index in [1.807, 2.05) is 0 Å². The average Bonchev–Trinajstić information content (AvgIpc) is 3.77. The summed E-state index contributed by atoms with van der Waals surface area (Å²) >= 11 is 0. The Kier molecular flexibility index (Phi) is 17.3. The molecule has 71 heavy (non-hydrogen) atoms. The van der Waals surface area contributed by atoms with E-state index in [4.69, 9.17) is 43.9 Å². The molecule has 9 N–H and O–H groups in total. The first-order valence-corrected chi connectivity index (χ1v) is 25.9. The number of fused-ring (bicyclic) bond motifs is 4. The number of methoxy groups -OCH3 is 1. The number of nitrogens with one attached hydrogen (secondary N) is 1. The number of ketones is 3. The molecular weight excluding hydrogens is 998 g/mol. The van der Waals surface area contributed by atoms with Gasteiger partial charge in [0, 0.05) is 53.1 Å². The van der Waals surface area contributed by atoms with Gasteiger partial charge in [0.1, 0.15) is 61.8 Å². The average molecular weight is 1050 g/mol. The minimum absolute atomic E-state index is 0.0457. The standard InChI is InChI=1S/C45H52N3O20PS2/c1-22-42-28(48(21-65-42)44(57)64-19-23-6-7-31(24(14-23)8-11-63-13-10-49)71-70-20-27(46)43(56)47-9-12-66-69(59,60)61)15-33(67-22)68-30-17-45(58,32(51)18-50)16-26-35(30)41(55)37-36(39(26)53)38(52)25-4-3-5-29(62-2)34(25)40(37)54/h3-7,10,14,22,27-28,30,33,42,50,53,55,58H,8-9,11-13,15-21,46H2,1-2H3,(H,47,56)(H2,59,60,61). The zero-order valence-electron chi connectivity index (χ0n) is 38.2. The van der Waals surface area contributed by atoms with Crippen LogP contribution in [0.3, 0.4) is 0 Å². The van der Waals surface area contributed by atoms with Crippen LogP contribution in [0.25, 0.3) is 0 Å². The Hall–Kier alpha value is -4.99. The van der Waals surface area contributed by atoms with Gasteiger partial charge in [-0.05, 0) is 36.6 Å². The van der Waals surface area contributed by atoms with E-state index in [1.165, 1.54) is 51.8 Å². The van der Waals surface area contributed by atoms with E-state index < -0.39 is 128 Å². The van der Waals surface area contributed by atoms with Crippen LogP contribution in [0.1, 0.15) is 80.0 Å². The van der Waals surface area contributed by atoms with Crippen molar-refractivity contribution in [3.63, 3.8) is 0 Å². The maximum Gasteiger partial charge on any atom is 0.469 e. The lowest BCUT2D eigenvalue weighted by Crippen LogP contribution is -2.52. The summed E-state index contributed by atoms with van der Waals surface area (Å²) < 4.78 is 50.2. The number of phosphoric acid groups is 1. The number of Topliss-reactive ketones (excluding diaryl/α,β-unsaturated/α-hetero) is 1. The molecule has 0 radical (unpaired) electrons. The van der Waals surface area contributed by atoms with Crippen molar-refractivity contribution in [2.24, 2.45) is 5.73 Å². The van der Waals surface area contributed by atoms with Crippen molar-refractivity contribution in [1.29, 1.82) is 0 Å². The van der Waals surface area contributed by atoms with Crippen LogP contribution in [-0.4, -0.2) is 159 Å². The van der Waals surface area contributed by atoms with Crippen molar-refractivity contribution in [1.82, 2.24) is 10.2 Å². The van der Waals surface area contributed by atoms with Gasteiger partial charge in [0.15, 0.2) is 17.9 Å². The highest BCUT2D eigenvalue weighted by molar-refractivity contribution is 8.76. The number of nitrogens with two attached hydrogens (primary N) is 1. The minimum atomic E-state index is -4.68. The second-order valence-electron chi connectivity index (χ2n) is 16.9. The highest BCUT2D eigenvalue weighted by Gasteiger charge is 2.52. The summed E-state index contributed by atoms with van der Waals surface area (Å²) in [7, 11) is -0.791. The number of phosphoric ester groups is 1. The largest absolute Gasteiger partial charge is 0.507 e. The van der Waals surface area contributed by atoms with E-state index in [2.05, 4.69) is 9.84 Å². The van der Waals surface area contributed by atoms with Crippen molar-refractivity contribution in [3.05, 3.63) is 80.9 Å². The topological polar surface area (TPSA) is 347 Å². The number of aliphatic hydroxyl groups is 2. The third-order valence-electron chi connectivity index (χ3n) is 12.3. The number of hydrogen-bond acceptors (Lipinski definition) is 21. The molecule has 2 aliphatic heterocycles. The number of phenolic OH excluding ortho intramolecular Hbond substituents is 2. The van der Waals surface area contributed by atoms with E-state index in [0.717, 1.165) is 10.5 Å². The van der Waals surface area contributed by atoms with Crippen LogP contribution in [0.2, 0.25) is 0 Å². The van der Waals surface area contributed by atoms with Crippen molar-refractivity contribution in [3.8, 4) is 17.2 Å². The van der Waals surface area contributed by atoms with E-state index in [-0.39, 0.29) is 73.3 Å². The second kappa shape index (κ2) is 22.8. The van der Waals surface area contributed by atoms with Gasteiger partial charge in [0.2, 0.25) is 11.7 Å². The lowest BCUT2D eigenvalue weighted by Gasteiger charge is -2.42. The Morgan fingerprint density at radius 1 is 1.08 bits per heavy atom.